The highest BCUT2D eigenvalue weighted by molar-refractivity contribution is 5.78. The van der Waals surface area contributed by atoms with Crippen molar-refractivity contribution >= 4 is 5.91 Å². The van der Waals surface area contributed by atoms with Crippen LogP contribution in [-0.4, -0.2) is 61.8 Å². The lowest BCUT2D eigenvalue weighted by Gasteiger charge is -2.25. The number of rotatable bonds is 10. The normalized spacial score (nSPS) is 22.1. The Morgan fingerprint density at radius 2 is 1.79 bits per heavy atom. The largest absolute Gasteiger partial charge is 0.658 e. The smallest absolute Gasteiger partial charge is 0.573 e. The highest BCUT2D eigenvalue weighted by atomic mass is 19.4. The third-order valence-electron chi connectivity index (χ3n) is 6.58. The van der Waals surface area contributed by atoms with Gasteiger partial charge < -0.3 is 15.0 Å². The molecule has 2 atom stereocenters. The van der Waals surface area contributed by atoms with Crippen LogP contribution in [-0.2, 0) is 17.8 Å². The SMILES string of the molecule is CN(CCc1ccccc1)C(=O)CN1CC2C(C[N-]Cc3cccc(OC(F)(F)F)c3)C2C1. The second-order valence-electron chi connectivity index (χ2n) is 9.00. The molecule has 2 unspecified atom stereocenters. The number of alkyl halides is 3. The standard InChI is InChI=1S/C25H29F3N3O2/c1-30(11-10-18-6-3-2-4-7-18)24(32)17-31-15-22-21(23(22)16-31)14-29-13-19-8-5-9-20(12-19)33-25(26,27)28/h2-9,12,21-23H,10-11,13-17H2,1H3/q-1. The van der Waals surface area contributed by atoms with Crippen LogP contribution in [0.3, 0.4) is 0 Å². The summed E-state index contributed by atoms with van der Waals surface area (Å²) in [7, 11) is 1.86. The van der Waals surface area contributed by atoms with E-state index in [9.17, 15) is 18.0 Å². The van der Waals surface area contributed by atoms with Crippen LogP contribution in [0.25, 0.3) is 5.32 Å². The summed E-state index contributed by atoms with van der Waals surface area (Å²) < 4.78 is 41.0. The number of hydrogen-bond donors (Lipinski definition) is 0. The molecule has 0 spiro atoms. The fourth-order valence-corrected chi connectivity index (χ4v) is 4.70. The van der Waals surface area contributed by atoms with Crippen LogP contribution < -0.4 is 4.74 Å². The van der Waals surface area contributed by atoms with Gasteiger partial charge in [0.15, 0.2) is 0 Å². The van der Waals surface area contributed by atoms with Gasteiger partial charge in [0.1, 0.15) is 5.75 Å². The lowest BCUT2D eigenvalue weighted by molar-refractivity contribution is -0.274. The first-order valence-electron chi connectivity index (χ1n) is 11.3. The van der Waals surface area contributed by atoms with E-state index < -0.39 is 6.36 Å². The van der Waals surface area contributed by atoms with Gasteiger partial charge in [-0.15, -0.1) is 26.3 Å². The van der Waals surface area contributed by atoms with Gasteiger partial charge in [-0.1, -0.05) is 53.9 Å². The molecular weight excluding hydrogens is 431 g/mol. The molecule has 0 radical (unpaired) electrons. The number of fused-ring (bicyclic) bond motifs is 1. The molecule has 0 bridgehead atoms. The fourth-order valence-electron chi connectivity index (χ4n) is 4.70. The van der Waals surface area contributed by atoms with Crippen molar-refractivity contribution in [2.45, 2.75) is 19.3 Å². The molecule has 2 fully saturated rings. The molecule has 2 aromatic rings. The number of carbonyl (C=O) groups is 1. The lowest BCUT2D eigenvalue weighted by atomic mass is 10.1. The van der Waals surface area contributed by atoms with Crippen LogP contribution in [0, 0.1) is 17.8 Å². The van der Waals surface area contributed by atoms with Crippen molar-refractivity contribution < 1.29 is 22.7 Å². The molecule has 1 saturated heterocycles. The van der Waals surface area contributed by atoms with Crippen molar-refractivity contribution in [3.05, 3.63) is 71.0 Å². The Hall–Kier alpha value is -2.58. The summed E-state index contributed by atoms with van der Waals surface area (Å²) in [5, 5.41) is 4.56. The average Bonchev–Trinajstić information content (AvgIpc) is 3.22. The number of amides is 1. The Kier molecular flexibility index (Phi) is 7.24. The van der Waals surface area contributed by atoms with Gasteiger partial charge in [-0.2, -0.15) is 0 Å². The summed E-state index contributed by atoms with van der Waals surface area (Å²) in [5.41, 5.74) is 1.93. The number of carbonyl (C=O) groups excluding carboxylic acids is 1. The Morgan fingerprint density at radius 3 is 2.48 bits per heavy atom. The predicted molar refractivity (Wildman–Crippen MR) is 120 cm³/mol. The topological polar surface area (TPSA) is 46.9 Å². The van der Waals surface area contributed by atoms with Crippen LogP contribution in [0.2, 0.25) is 0 Å². The summed E-state index contributed by atoms with van der Waals surface area (Å²) in [4.78, 5) is 16.6. The highest BCUT2D eigenvalue weighted by Crippen LogP contribution is 2.52. The summed E-state index contributed by atoms with van der Waals surface area (Å²) in [6, 6.07) is 16.1. The molecule has 1 aliphatic heterocycles. The number of piperidine rings is 1. The first-order chi connectivity index (χ1) is 15.8. The van der Waals surface area contributed by atoms with Crippen LogP contribution >= 0.6 is 0 Å². The van der Waals surface area contributed by atoms with Crippen molar-refractivity contribution in [3.63, 3.8) is 0 Å². The average molecular weight is 461 g/mol. The molecule has 5 nitrogen and oxygen atoms in total. The van der Waals surface area contributed by atoms with Crippen LogP contribution in [0.1, 0.15) is 11.1 Å². The number of hydrogen-bond acceptors (Lipinski definition) is 3. The number of benzene rings is 2. The van der Waals surface area contributed by atoms with Gasteiger partial charge in [-0.05, 0) is 36.0 Å². The quantitative estimate of drug-likeness (QED) is 0.530. The molecule has 4 rings (SSSR count). The summed E-state index contributed by atoms with van der Waals surface area (Å²) in [6.45, 7) is 4.07. The number of halogens is 3. The van der Waals surface area contributed by atoms with E-state index in [0.717, 1.165) is 19.5 Å². The zero-order valence-corrected chi connectivity index (χ0v) is 18.7. The predicted octanol–water partition coefficient (Wildman–Crippen LogP) is 4.34. The number of ether oxygens (including phenoxy) is 1. The van der Waals surface area contributed by atoms with E-state index in [1.165, 1.54) is 17.7 Å². The third-order valence-corrected chi connectivity index (χ3v) is 6.58. The molecule has 0 aromatic heterocycles. The van der Waals surface area contributed by atoms with E-state index in [2.05, 4.69) is 27.1 Å². The molecule has 33 heavy (non-hydrogen) atoms. The Morgan fingerprint density at radius 1 is 1.09 bits per heavy atom. The van der Waals surface area contributed by atoms with Crippen LogP contribution in [0.15, 0.2) is 54.6 Å². The zero-order chi connectivity index (χ0) is 23.4. The molecular formula is C25H29F3N3O2-. The molecule has 1 amide bonds. The van der Waals surface area contributed by atoms with E-state index >= 15 is 0 Å². The molecule has 1 aliphatic carbocycles. The summed E-state index contributed by atoms with van der Waals surface area (Å²) in [6.07, 6.45) is -3.84. The second-order valence-corrected chi connectivity index (χ2v) is 9.00. The number of nitrogens with zero attached hydrogens (tertiary/aromatic N) is 3. The maximum atomic E-state index is 12.6. The number of likely N-dealkylation sites (N-methyl/N-ethyl adjacent to an activating group) is 1. The number of likely N-dealkylation sites (tertiary alicyclic amines) is 1. The van der Waals surface area contributed by atoms with Gasteiger partial charge in [0.2, 0.25) is 5.91 Å². The second kappa shape index (κ2) is 10.1. The Balaban J connectivity index is 1.13. The summed E-state index contributed by atoms with van der Waals surface area (Å²) >= 11 is 0. The minimum absolute atomic E-state index is 0.148. The van der Waals surface area contributed by atoms with Gasteiger partial charge >= 0.3 is 6.36 Å². The minimum atomic E-state index is -4.69. The van der Waals surface area contributed by atoms with Crippen molar-refractivity contribution in [1.82, 2.24) is 9.80 Å². The zero-order valence-electron chi connectivity index (χ0n) is 18.7. The van der Waals surface area contributed by atoms with E-state index in [0.29, 0.717) is 49.5 Å². The fraction of sp³-hybridized carbons (Fsp3) is 0.480. The van der Waals surface area contributed by atoms with Crippen molar-refractivity contribution in [1.29, 1.82) is 0 Å². The maximum absolute atomic E-state index is 12.6. The van der Waals surface area contributed by atoms with Gasteiger partial charge in [0.05, 0.1) is 6.54 Å². The van der Waals surface area contributed by atoms with E-state index in [1.54, 1.807) is 17.0 Å². The maximum Gasteiger partial charge on any atom is 0.573 e. The Labute approximate surface area is 192 Å². The van der Waals surface area contributed by atoms with Gasteiger partial charge in [0, 0.05) is 26.7 Å². The van der Waals surface area contributed by atoms with Gasteiger partial charge in [0.25, 0.3) is 0 Å². The molecule has 2 aliphatic rings. The summed E-state index contributed by atoms with van der Waals surface area (Å²) in [5.74, 6) is 1.58. The van der Waals surface area contributed by atoms with Crippen molar-refractivity contribution in [2.24, 2.45) is 17.8 Å². The molecule has 178 valence electrons. The van der Waals surface area contributed by atoms with Crippen molar-refractivity contribution in [3.8, 4) is 5.75 Å². The van der Waals surface area contributed by atoms with Crippen LogP contribution in [0.5, 0.6) is 5.75 Å². The molecule has 1 heterocycles. The molecule has 2 aromatic carbocycles. The van der Waals surface area contributed by atoms with Crippen molar-refractivity contribution in [2.75, 3.05) is 39.8 Å². The molecule has 1 saturated carbocycles. The monoisotopic (exact) mass is 460 g/mol. The Bertz CT molecular complexity index is 926. The van der Waals surface area contributed by atoms with Gasteiger partial charge in [-0.25, -0.2) is 0 Å². The third kappa shape index (κ3) is 6.71. The van der Waals surface area contributed by atoms with E-state index in [-0.39, 0.29) is 11.7 Å². The minimum Gasteiger partial charge on any atom is -0.658 e. The molecule has 8 heteroatoms. The first-order valence-corrected chi connectivity index (χ1v) is 11.3. The first kappa shape index (κ1) is 23.6. The van der Waals surface area contributed by atoms with E-state index in [1.807, 2.05) is 25.2 Å². The lowest BCUT2D eigenvalue weighted by Crippen LogP contribution is -2.39. The van der Waals surface area contributed by atoms with Crippen LogP contribution in [0.4, 0.5) is 13.2 Å². The molecule has 0 N–H and O–H groups in total. The highest BCUT2D eigenvalue weighted by Gasteiger charge is 2.53. The van der Waals surface area contributed by atoms with E-state index in [4.69, 9.17) is 0 Å². The van der Waals surface area contributed by atoms with Gasteiger partial charge in [-0.3, -0.25) is 9.69 Å².